The van der Waals surface area contributed by atoms with Crippen LogP contribution in [0.3, 0.4) is 0 Å². The van der Waals surface area contributed by atoms with Crippen LogP contribution in [0, 0.1) is 13.8 Å². The minimum Gasteiger partial charge on any atom is -0.360 e. The van der Waals surface area contributed by atoms with E-state index in [0.29, 0.717) is 24.5 Å². The zero-order valence-corrected chi connectivity index (χ0v) is 18.4. The van der Waals surface area contributed by atoms with Crippen LogP contribution < -0.4 is 0 Å². The molecule has 0 unspecified atom stereocenters. The molecule has 1 aromatic carbocycles. The fourth-order valence-electron chi connectivity index (χ4n) is 3.58. The number of nitrogens with zero attached hydrogens (tertiary/aromatic N) is 4. The lowest BCUT2D eigenvalue weighted by molar-refractivity contribution is -0.129. The van der Waals surface area contributed by atoms with E-state index >= 15 is 0 Å². The fraction of sp³-hybridized carbons (Fsp3) is 0.350. The smallest absolute Gasteiger partial charge is 0.248 e. The van der Waals surface area contributed by atoms with Crippen molar-refractivity contribution in [3.05, 3.63) is 48.0 Å². The first-order chi connectivity index (χ1) is 14.4. The largest absolute Gasteiger partial charge is 0.360 e. The lowest BCUT2D eigenvalue weighted by Gasteiger charge is -2.33. The summed E-state index contributed by atoms with van der Waals surface area (Å²) in [5.41, 5.74) is 1.25. The van der Waals surface area contributed by atoms with Crippen LogP contribution in [0.25, 0.3) is 10.9 Å². The van der Waals surface area contributed by atoms with Crippen molar-refractivity contribution >= 4 is 38.6 Å². The fourth-order valence-corrected chi connectivity index (χ4v) is 6.24. The van der Waals surface area contributed by atoms with Crippen LogP contribution in [0.5, 0.6) is 0 Å². The number of carbonyl (C=O) groups is 1. The molecular formula is C20H22N4O4S2. The average Bonchev–Trinajstić information content (AvgIpc) is 3.10. The van der Waals surface area contributed by atoms with Crippen LogP contribution in [-0.2, 0) is 14.8 Å². The molecule has 158 valence electrons. The molecule has 0 saturated carbocycles. The number of rotatable bonds is 5. The number of thioether (sulfide) groups is 1. The van der Waals surface area contributed by atoms with Gasteiger partial charge in [-0.05, 0) is 26.0 Å². The number of pyridine rings is 1. The number of hydrogen-bond donors (Lipinski definition) is 0. The first-order valence-corrected chi connectivity index (χ1v) is 12.0. The zero-order valence-electron chi connectivity index (χ0n) is 16.7. The molecule has 1 amide bonds. The SMILES string of the molecule is Cc1noc(C)c1S(=O)(=O)N1CCN(C(=O)CSc2ccnc3ccccc23)CC1. The number of aromatic nitrogens is 2. The molecule has 1 saturated heterocycles. The minimum atomic E-state index is -3.68. The van der Waals surface area contributed by atoms with Crippen LogP contribution in [0.4, 0.5) is 0 Å². The zero-order chi connectivity index (χ0) is 21.3. The minimum absolute atomic E-state index is 0.00437. The number of benzene rings is 1. The molecule has 0 N–H and O–H groups in total. The molecule has 30 heavy (non-hydrogen) atoms. The van der Waals surface area contributed by atoms with Crippen LogP contribution in [0.15, 0.2) is 50.8 Å². The van der Waals surface area contributed by atoms with E-state index in [9.17, 15) is 13.2 Å². The number of aryl methyl sites for hydroxylation is 2. The van der Waals surface area contributed by atoms with Gasteiger partial charge in [0, 0.05) is 42.7 Å². The van der Waals surface area contributed by atoms with Crippen molar-refractivity contribution in [1.29, 1.82) is 0 Å². The Morgan fingerprint density at radius 3 is 2.57 bits per heavy atom. The monoisotopic (exact) mass is 446 g/mol. The van der Waals surface area contributed by atoms with Gasteiger partial charge in [0.1, 0.15) is 10.6 Å². The van der Waals surface area contributed by atoms with Crippen LogP contribution >= 0.6 is 11.8 Å². The number of piperazine rings is 1. The Labute approximate surface area is 179 Å². The molecular weight excluding hydrogens is 424 g/mol. The molecule has 0 spiro atoms. The topological polar surface area (TPSA) is 96.6 Å². The highest BCUT2D eigenvalue weighted by Crippen LogP contribution is 2.27. The van der Waals surface area contributed by atoms with Crippen molar-refractivity contribution in [3.8, 4) is 0 Å². The van der Waals surface area contributed by atoms with E-state index in [-0.39, 0.29) is 29.7 Å². The highest BCUT2D eigenvalue weighted by atomic mass is 32.2. The summed E-state index contributed by atoms with van der Waals surface area (Å²) in [4.78, 5) is 19.9. The van der Waals surface area contributed by atoms with Gasteiger partial charge in [-0.2, -0.15) is 4.31 Å². The second-order valence-corrected chi connectivity index (χ2v) is 9.95. The van der Waals surface area contributed by atoms with Gasteiger partial charge in [-0.25, -0.2) is 8.42 Å². The number of carbonyl (C=O) groups excluding carboxylic acids is 1. The van der Waals surface area contributed by atoms with E-state index in [0.717, 1.165) is 15.8 Å². The average molecular weight is 447 g/mol. The first-order valence-electron chi connectivity index (χ1n) is 9.55. The quantitative estimate of drug-likeness (QED) is 0.556. The molecule has 3 aromatic rings. The molecule has 10 heteroatoms. The van der Waals surface area contributed by atoms with Gasteiger partial charge in [-0.15, -0.1) is 11.8 Å². The number of amides is 1. The first kappa shape index (κ1) is 20.8. The Bertz CT molecular complexity index is 1160. The van der Waals surface area contributed by atoms with E-state index in [2.05, 4.69) is 10.1 Å². The maximum absolute atomic E-state index is 12.9. The molecule has 1 fully saturated rings. The lowest BCUT2D eigenvalue weighted by Crippen LogP contribution is -2.51. The predicted molar refractivity (Wildman–Crippen MR) is 114 cm³/mol. The highest BCUT2D eigenvalue weighted by Gasteiger charge is 2.34. The van der Waals surface area contributed by atoms with Crippen molar-refractivity contribution in [2.75, 3.05) is 31.9 Å². The maximum atomic E-state index is 12.9. The van der Waals surface area contributed by atoms with Crippen molar-refractivity contribution < 1.29 is 17.7 Å². The predicted octanol–water partition coefficient (Wildman–Crippen LogP) is 2.46. The van der Waals surface area contributed by atoms with Crippen LogP contribution in [-0.4, -0.2) is 65.6 Å². The molecule has 0 aliphatic carbocycles. The summed E-state index contributed by atoms with van der Waals surface area (Å²) in [6.45, 7) is 4.43. The number of sulfonamides is 1. The summed E-state index contributed by atoms with van der Waals surface area (Å²) in [5, 5.41) is 4.76. The molecule has 2 aromatic heterocycles. The van der Waals surface area contributed by atoms with Crippen molar-refractivity contribution in [2.24, 2.45) is 0 Å². The van der Waals surface area contributed by atoms with Gasteiger partial charge in [-0.3, -0.25) is 9.78 Å². The summed E-state index contributed by atoms with van der Waals surface area (Å²) < 4.78 is 32.2. The van der Waals surface area contributed by atoms with Crippen molar-refractivity contribution in [1.82, 2.24) is 19.3 Å². The summed E-state index contributed by atoms with van der Waals surface area (Å²) in [5.74, 6) is 0.576. The molecule has 3 heterocycles. The molecule has 0 bridgehead atoms. The Hall–Kier alpha value is -2.43. The van der Waals surface area contributed by atoms with Gasteiger partial charge in [-0.1, -0.05) is 23.4 Å². The van der Waals surface area contributed by atoms with Gasteiger partial charge in [0.2, 0.25) is 15.9 Å². The summed E-state index contributed by atoms with van der Waals surface area (Å²) in [6, 6.07) is 9.74. The van der Waals surface area contributed by atoms with Gasteiger partial charge in [0.25, 0.3) is 0 Å². The van der Waals surface area contributed by atoms with Crippen LogP contribution in [0.1, 0.15) is 11.5 Å². The Morgan fingerprint density at radius 2 is 1.87 bits per heavy atom. The number of fused-ring (bicyclic) bond motifs is 1. The van der Waals surface area contributed by atoms with Crippen molar-refractivity contribution in [3.63, 3.8) is 0 Å². The molecule has 0 radical (unpaired) electrons. The second-order valence-electron chi connectivity index (χ2n) is 7.05. The van der Waals surface area contributed by atoms with Gasteiger partial charge in [0.05, 0.1) is 11.3 Å². The van der Waals surface area contributed by atoms with Crippen LogP contribution in [0.2, 0.25) is 0 Å². The highest BCUT2D eigenvalue weighted by molar-refractivity contribution is 8.00. The Kier molecular flexibility index (Phi) is 5.81. The normalized spacial score (nSPS) is 15.6. The van der Waals surface area contributed by atoms with E-state index in [1.807, 2.05) is 30.3 Å². The molecule has 0 atom stereocenters. The molecule has 1 aliphatic rings. The van der Waals surface area contributed by atoms with Gasteiger partial charge >= 0.3 is 0 Å². The summed E-state index contributed by atoms with van der Waals surface area (Å²) in [6.07, 6.45) is 1.74. The number of hydrogen-bond acceptors (Lipinski definition) is 7. The van der Waals surface area contributed by atoms with Crippen molar-refractivity contribution in [2.45, 2.75) is 23.6 Å². The Morgan fingerprint density at radius 1 is 1.13 bits per heavy atom. The standard InChI is InChI=1S/C20H22N4O4S2/c1-14-20(15(2)28-22-14)30(26,27)24-11-9-23(10-12-24)19(25)13-29-18-7-8-21-17-6-4-3-5-16(17)18/h3-8H,9-13H2,1-2H3. The summed E-state index contributed by atoms with van der Waals surface area (Å²) >= 11 is 1.48. The third-order valence-electron chi connectivity index (χ3n) is 5.12. The molecule has 4 rings (SSSR count). The summed E-state index contributed by atoms with van der Waals surface area (Å²) in [7, 11) is -3.68. The Balaban J connectivity index is 1.38. The second kappa shape index (κ2) is 8.37. The third kappa shape index (κ3) is 3.94. The molecule has 1 aliphatic heterocycles. The van der Waals surface area contributed by atoms with E-state index in [1.54, 1.807) is 24.9 Å². The van der Waals surface area contributed by atoms with Gasteiger partial charge < -0.3 is 9.42 Å². The van der Waals surface area contributed by atoms with E-state index in [1.165, 1.54) is 16.1 Å². The third-order valence-corrected chi connectivity index (χ3v) is 8.32. The molecule has 8 nitrogen and oxygen atoms in total. The van der Waals surface area contributed by atoms with Gasteiger partial charge in [0.15, 0.2) is 5.76 Å². The lowest BCUT2D eigenvalue weighted by atomic mass is 10.2. The van der Waals surface area contributed by atoms with E-state index in [4.69, 9.17) is 4.52 Å². The maximum Gasteiger partial charge on any atom is 0.248 e. The van der Waals surface area contributed by atoms with E-state index < -0.39 is 10.0 Å². The number of para-hydroxylation sites is 1.